The summed E-state index contributed by atoms with van der Waals surface area (Å²) in [7, 11) is 5.64. The minimum atomic E-state index is -0.454. The van der Waals surface area contributed by atoms with E-state index in [9.17, 15) is 9.59 Å². The lowest BCUT2D eigenvalue weighted by Crippen LogP contribution is -2.30. The van der Waals surface area contributed by atoms with Crippen LogP contribution >= 0.6 is 0 Å². The number of hydrogen-bond donors (Lipinski definition) is 0. The molecule has 152 valence electrons. The minimum absolute atomic E-state index is 0.107. The number of fused-ring (bicyclic) bond motifs is 1. The SMILES string of the molecule is CN(Cc1ccc(N(C)C)cc1)C(=O)COC(=O)CCc1nc2ccccc2o1. The van der Waals surface area contributed by atoms with E-state index < -0.39 is 5.97 Å². The highest BCUT2D eigenvalue weighted by atomic mass is 16.5. The van der Waals surface area contributed by atoms with E-state index in [1.807, 2.05) is 67.5 Å². The molecular formula is C22H25N3O4. The second-order valence-corrected chi connectivity index (χ2v) is 7.05. The summed E-state index contributed by atoms with van der Waals surface area (Å²) in [6.45, 7) is 0.172. The third-order valence-corrected chi connectivity index (χ3v) is 4.54. The van der Waals surface area contributed by atoms with Gasteiger partial charge < -0.3 is 19.0 Å². The number of aromatic nitrogens is 1. The van der Waals surface area contributed by atoms with Gasteiger partial charge in [-0.2, -0.15) is 0 Å². The van der Waals surface area contributed by atoms with Crippen LogP contribution in [0.25, 0.3) is 11.1 Å². The first-order valence-corrected chi connectivity index (χ1v) is 9.42. The summed E-state index contributed by atoms with van der Waals surface area (Å²) in [4.78, 5) is 32.1. The molecule has 0 radical (unpaired) electrons. The largest absolute Gasteiger partial charge is 0.456 e. The Morgan fingerprint density at radius 2 is 1.76 bits per heavy atom. The van der Waals surface area contributed by atoms with Crippen LogP contribution in [0.3, 0.4) is 0 Å². The van der Waals surface area contributed by atoms with E-state index in [1.165, 1.54) is 0 Å². The highest BCUT2D eigenvalue weighted by molar-refractivity contribution is 5.80. The monoisotopic (exact) mass is 395 g/mol. The molecule has 0 saturated heterocycles. The van der Waals surface area contributed by atoms with E-state index in [1.54, 1.807) is 11.9 Å². The molecule has 1 aromatic heterocycles. The van der Waals surface area contributed by atoms with Gasteiger partial charge in [-0.3, -0.25) is 9.59 Å². The summed E-state index contributed by atoms with van der Waals surface area (Å²) in [5.74, 6) is -0.228. The van der Waals surface area contributed by atoms with Gasteiger partial charge in [0.2, 0.25) is 0 Å². The number of carbonyl (C=O) groups is 2. The molecule has 3 aromatic rings. The molecule has 0 atom stereocenters. The van der Waals surface area contributed by atoms with Gasteiger partial charge in [-0.1, -0.05) is 24.3 Å². The first kappa shape index (κ1) is 20.4. The fraction of sp³-hybridized carbons (Fsp3) is 0.318. The predicted octanol–water partition coefficient (Wildman–Crippen LogP) is 3.03. The van der Waals surface area contributed by atoms with Crippen molar-refractivity contribution in [3.63, 3.8) is 0 Å². The topological polar surface area (TPSA) is 75.9 Å². The Morgan fingerprint density at radius 1 is 1.03 bits per heavy atom. The van der Waals surface area contributed by atoms with Crippen molar-refractivity contribution in [3.05, 3.63) is 60.0 Å². The number of rotatable bonds is 8. The molecule has 0 fully saturated rings. The van der Waals surface area contributed by atoms with Gasteiger partial charge in [-0.15, -0.1) is 0 Å². The van der Waals surface area contributed by atoms with Crippen LogP contribution in [0.5, 0.6) is 0 Å². The Labute approximate surface area is 169 Å². The maximum atomic E-state index is 12.2. The first-order chi connectivity index (χ1) is 13.9. The van der Waals surface area contributed by atoms with Crippen LogP contribution < -0.4 is 4.90 Å². The van der Waals surface area contributed by atoms with Crippen LogP contribution in [0.15, 0.2) is 52.9 Å². The first-order valence-electron chi connectivity index (χ1n) is 9.42. The lowest BCUT2D eigenvalue weighted by molar-refractivity contribution is -0.151. The van der Waals surface area contributed by atoms with Crippen molar-refractivity contribution in [3.8, 4) is 0 Å². The summed E-state index contributed by atoms with van der Waals surface area (Å²) in [6.07, 6.45) is 0.436. The molecule has 0 saturated carbocycles. The average molecular weight is 395 g/mol. The fourth-order valence-corrected chi connectivity index (χ4v) is 2.82. The van der Waals surface area contributed by atoms with E-state index >= 15 is 0 Å². The van der Waals surface area contributed by atoms with Crippen LogP contribution in [0.2, 0.25) is 0 Å². The molecule has 1 amide bonds. The number of para-hydroxylation sites is 2. The van der Waals surface area contributed by atoms with Crippen molar-refractivity contribution in [1.82, 2.24) is 9.88 Å². The number of ether oxygens (including phenoxy) is 1. The molecule has 0 bridgehead atoms. The number of amides is 1. The zero-order valence-corrected chi connectivity index (χ0v) is 16.9. The number of oxazole rings is 1. The zero-order chi connectivity index (χ0) is 20.8. The number of aryl methyl sites for hydroxylation is 1. The van der Waals surface area contributed by atoms with Crippen molar-refractivity contribution in [2.24, 2.45) is 0 Å². The number of hydrogen-bond acceptors (Lipinski definition) is 6. The van der Waals surface area contributed by atoms with E-state index in [-0.39, 0.29) is 18.9 Å². The third kappa shape index (κ3) is 5.57. The molecule has 7 heteroatoms. The molecule has 29 heavy (non-hydrogen) atoms. The van der Waals surface area contributed by atoms with Gasteiger partial charge in [0.25, 0.3) is 5.91 Å². The average Bonchev–Trinajstić information content (AvgIpc) is 3.13. The van der Waals surface area contributed by atoms with Crippen LogP contribution in [-0.2, 0) is 27.3 Å². The summed E-state index contributed by atoms with van der Waals surface area (Å²) < 4.78 is 10.7. The third-order valence-electron chi connectivity index (χ3n) is 4.54. The molecule has 0 unspecified atom stereocenters. The second-order valence-electron chi connectivity index (χ2n) is 7.05. The number of carbonyl (C=O) groups excluding carboxylic acids is 2. The number of benzene rings is 2. The van der Waals surface area contributed by atoms with Gasteiger partial charge in [0, 0.05) is 39.8 Å². The molecule has 0 aliphatic carbocycles. The standard InChI is InChI=1S/C22H25N3O4/c1-24(2)17-10-8-16(9-11-17)14-25(3)21(26)15-28-22(27)13-12-20-23-18-6-4-5-7-19(18)29-20/h4-11H,12-15H2,1-3H3. The normalized spacial score (nSPS) is 10.7. The Morgan fingerprint density at radius 3 is 2.45 bits per heavy atom. The maximum absolute atomic E-state index is 12.2. The number of anilines is 1. The Balaban J connectivity index is 1.42. The second kappa shape index (κ2) is 9.23. The van der Waals surface area contributed by atoms with Crippen LogP contribution in [-0.4, -0.2) is 49.5 Å². The predicted molar refractivity (Wildman–Crippen MR) is 111 cm³/mol. The van der Waals surface area contributed by atoms with Crippen molar-refractivity contribution >= 4 is 28.7 Å². The van der Waals surface area contributed by atoms with Gasteiger partial charge in [-0.25, -0.2) is 4.98 Å². The van der Waals surface area contributed by atoms with E-state index in [0.29, 0.717) is 24.4 Å². The molecule has 3 rings (SSSR count). The molecule has 0 aliphatic heterocycles. The van der Waals surface area contributed by atoms with E-state index in [2.05, 4.69) is 4.98 Å². The van der Waals surface area contributed by atoms with E-state index in [4.69, 9.17) is 9.15 Å². The summed E-state index contributed by atoms with van der Waals surface area (Å²) in [5.41, 5.74) is 3.54. The number of nitrogens with zero attached hydrogens (tertiary/aromatic N) is 3. The fourth-order valence-electron chi connectivity index (χ4n) is 2.82. The minimum Gasteiger partial charge on any atom is -0.456 e. The van der Waals surface area contributed by atoms with Crippen LogP contribution in [0.4, 0.5) is 5.69 Å². The molecular weight excluding hydrogens is 370 g/mol. The van der Waals surface area contributed by atoms with E-state index in [0.717, 1.165) is 16.8 Å². The molecule has 7 nitrogen and oxygen atoms in total. The van der Waals surface area contributed by atoms with Gasteiger partial charge in [0.15, 0.2) is 18.1 Å². The molecule has 1 heterocycles. The van der Waals surface area contributed by atoms with Crippen molar-refractivity contribution < 1.29 is 18.7 Å². The summed E-state index contributed by atoms with van der Waals surface area (Å²) in [5, 5.41) is 0. The summed E-state index contributed by atoms with van der Waals surface area (Å²) >= 11 is 0. The van der Waals surface area contributed by atoms with Crippen LogP contribution in [0.1, 0.15) is 17.9 Å². The lowest BCUT2D eigenvalue weighted by Gasteiger charge is -2.18. The Kier molecular flexibility index (Phi) is 6.49. The molecule has 0 spiro atoms. The smallest absolute Gasteiger partial charge is 0.306 e. The highest BCUT2D eigenvalue weighted by Crippen LogP contribution is 2.16. The summed E-state index contributed by atoms with van der Waals surface area (Å²) in [6, 6.07) is 15.4. The van der Waals surface area contributed by atoms with Crippen molar-refractivity contribution in [2.75, 3.05) is 32.6 Å². The van der Waals surface area contributed by atoms with Gasteiger partial charge in [0.05, 0.1) is 6.42 Å². The highest BCUT2D eigenvalue weighted by Gasteiger charge is 2.14. The molecule has 0 aliphatic rings. The van der Waals surface area contributed by atoms with Crippen molar-refractivity contribution in [2.45, 2.75) is 19.4 Å². The Hall–Kier alpha value is -3.35. The molecule has 2 aromatic carbocycles. The molecule has 0 N–H and O–H groups in total. The van der Waals surface area contributed by atoms with Gasteiger partial charge in [-0.05, 0) is 29.8 Å². The van der Waals surface area contributed by atoms with Crippen LogP contribution in [0, 0.1) is 0 Å². The number of esters is 1. The quantitative estimate of drug-likeness (QED) is 0.546. The van der Waals surface area contributed by atoms with Gasteiger partial charge in [0.1, 0.15) is 5.52 Å². The van der Waals surface area contributed by atoms with Gasteiger partial charge >= 0.3 is 5.97 Å². The maximum Gasteiger partial charge on any atom is 0.306 e. The van der Waals surface area contributed by atoms with Crippen molar-refractivity contribution in [1.29, 1.82) is 0 Å². The Bertz CT molecular complexity index is 946. The lowest BCUT2D eigenvalue weighted by atomic mass is 10.2. The number of likely N-dealkylation sites (N-methyl/N-ethyl adjacent to an activating group) is 1. The zero-order valence-electron chi connectivity index (χ0n) is 16.9.